The van der Waals surface area contributed by atoms with Crippen LogP contribution in [-0.2, 0) is 17.1 Å². The first-order valence-electron chi connectivity index (χ1n) is 4.67. The molecule has 0 aliphatic carbocycles. The first-order chi connectivity index (χ1) is 7.29. The number of aromatic hydroxyl groups is 1. The van der Waals surface area contributed by atoms with Crippen molar-refractivity contribution < 1.29 is 27.0 Å². The van der Waals surface area contributed by atoms with Gasteiger partial charge in [-0.05, 0) is 12.1 Å². The maximum Gasteiger partial charge on any atom is 0.196 e. The first-order valence-corrected chi connectivity index (χ1v) is 4.67. The predicted molar refractivity (Wildman–Crippen MR) is 58.0 cm³/mol. The van der Waals surface area contributed by atoms with E-state index in [0.717, 1.165) is 0 Å². The maximum absolute atomic E-state index is 11.9. The molecule has 2 nitrogen and oxygen atoms in total. The molecule has 1 radical (unpaired) electrons. The molecule has 0 fully saturated rings. The van der Waals surface area contributed by atoms with Gasteiger partial charge in [-0.25, -0.2) is 0 Å². The van der Waals surface area contributed by atoms with Crippen molar-refractivity contribution in [2.24, 2.45) is 0 Å². The van der Waals surface area contributed by atoms with Gasteiger partial charge in [0.05, 0.1) is 5.56 Å². The molecule has 1 N–H and O–H groups in total. The van der Waals surface area contributed by atoms with Crippen LogP contribution in [0.15, 0.2) is 54.6 Å². The van der Waals surface area contributed by atoms with Crippen molar-refractivity contribution in [3.05, 3.63) is 65.7 Å². The van der Waals surface area contributed by atoms with Gasteiger partial charge in [-0.3, -0.25) is 4.79 Å². The summed E-state index contributed by atoms with van der Waals surface area (Å²) in [6.07, 6.45) is 0. The van der Waals surface area contributed by atoms with Crippen molar-refractivity contribution in [1.82, 2.24) is 0 Å². The molecule has 0 aromatic heterocycles. The summed E-state index contributed by atoms with van der Waals surface area (Å²) in [6.45, 7) is 0. The fourth-order valence-electron chi connectivity index (χ4n) is 1.41. The van der Waals surface area contributed by atoms with Crippen molar-refractivity contribution in [1.29, 1.82) is 0 Å². The standard InChI is InChI=1S/C13H10O2.Cu/c14-12-9-5-4-8-11(12)13(15)10-6-2-1-3-7-10;/h1-9,14H;. The van der Waals surface area contributed by atoms with Crippen LogP contribution in [0.4, 0.5) is 0 Å². The average molecular weight is 262 g/mol. The zero-order valence-corrected chi connectivity index (χ0v) is 9.29. The number of carbonyl (C=O) groups is 1. The zero-order chi connectivity index (χ0) is 10.7. The third-order valence-electron chi connectivity index (χ3n) is 2.18. The van der Waals surface area contributed by atoms with Crippen LogP contribution in [0.2, 0.25) is 0 Å². The van der Waals surface area contributed by atoms with E-state index < -0.39 is 0 Å². The number of ketones is 1. The Hall–Kier alpha value is -1.57. The summed E-state index contributed by atoms with van der Waals surface area (Å²) in [7, 11) is 0. The van der Waals surface area contributed by atoms with Crippen molar-refractivity contribution >= 4 is 5.78 Å². The minimum Gasteiger partial charge on any atom is -0.507 e. The molecule has 16 heavy (non-hydrogen) atoms. The van der Waals surface area contributed by atoms with E-state index in [0.29, 0.717) is 11.1 Å². The van der Waals surface area contributed by atoms with Crippen LogP contribution in [0.3, 0.4) is 0 Å². The van der Waals surface area contributed by atoms with E-state index in [1.165, 1.54) is 6.07 Å². The molecule has 0 spiro atoms. The summed E-state index contributed by atoms with van der Waals surface area (Å²) < 4.78 is 0. The fourth-order valence-corrected chi connectivity index (χ4v) is 1.41. The molecule has 2 aromatic rings. The average Bonchev–Trinajstić information content (AvgIpc) is 2.30. The molecule has 0 unspecified atom stereocenters. The van der Waals surface area contributed by atoms with Crippen LogP contribution in [0.5, 0.6) is 5.75 Å². The second kappa shape index (κ2) is 5.50. The molecule has 0 heterocycles. The number of para-hydroxylation sites is 1. The molecule has 0 saturated carbocycles. The van der Waals surface area contributed by atoms with Gasteiger partial charge < -0.3 is 5.11 Å². The monoisotopic (exact) mass is 261 g/mol. The quantitative estimate of drug-likeness (QED) is 0.667. The van der Waals surface area contributed by atoms with Crippen LogP contribution in [-0.4, -0.2) is 10.9 Å². The van der Waals surface area contributed by atoms with Crippen molar-refractivity contribution in [2.45, 2.75) is 0 Å². The molecule has 3 heteroatoms. The fraction of sp³-hybridized carbons (Fsp3) is 0. The Kier molecular flexibility index (Phi) is 4.29. The predicted octanol–water partition coefficient (Wildman–Crippen LogP) is 2.62. The van der Waals surface area contributed by atoms with Crippen LogP contribution >= 0.6 is 0 Å². The van der Waals surface area contributed by atoms with Gasteiger partial charge in [0, 0.05) is 22.6 Å². The number of hydrogen-bond acceptors (Lipinski definition) is 2. The van der Waals surface area contributed by atoms with Crippen LogP contribution in [0, 0.1) is 0 Å². The molecule has 0 aliphatic rings. The van der Waals surface area contributed by atoms with Gasteiger partial charge in [-0.1, -0.05) is 42.5 Å². The topological polar surface area (TPSA) is 37.3 Å². The Balaban J connectivity index is 0.00000128. The number of phenolic OH excluding ortho intramolecular Hbond substituents is 1. The zero-order valence-electron chi connectivity index (χ0n) is 8.35. The summed E-state index contributed by atoms with van der Waals surface area (Å²) in [5.74, 6) is -0.139. The van der Waals surface area contributed by atoms with Gasteiger partial charge in [0.25, 0.3) is 0 Å². The van der Waals surface area contributed by atoms with E-state index in [-0.39, 0.29) is 28.6 Å². The van der Waals surface area contributed by atoms with Crippen molar-refractivity contribution in [2.75, 3.05) is 0 Å². The van der Waals surface area contributed by atoms with Crippen molar-refractivity contribution in [3.8, 4) is 5.75 Å². The Morgan fingerprint density at radius 3 is 2.06 bits per heavy atom. The molecule has 0 atom stereocenters. The van der Waals surface area contributed by atoms with Gasteiger partial charge in [0.2, 0.25) is 0 Å². The number of hydrogen-bond donors (Lipinski definition) is 1. The second-order valence-electron chi connectivity index (χ2n) is 3.21. The van der Waals surface area contributed by atoms with E-state index in [1.807, 2.05) is 6.07 Å². The third kappa shape index (κ3) is 2.51. The molecular weight excluding hydrogens is 252 g/mol. The summed E-state index contributed by atoms with van der Waals surface area (Å²) >= 11 is 0. The number of benzene rings is 2. The smallest absolute Gasteiger partial charge is 0.196 e. The minimum atomic E-state index is -0.159. The number of carbonyl (C=O) groups excluding carboxylic acids is 1. The van der Waals surface area contributed by atoms with Gasteiger partial charge in [-0.2, -0.15) is 0 Å². The summed E-state index contributed by atoms with van der Waals surface area (Å²) in [4.78, 5) is 11.9. The Morgan fingerprint density at radius 1 is 0.875 bits per heavy atom. The van der Waals surface area contributed by atoms with Gasteiger partial charge in [-0.15, -0.1) is 0 Å². The van der Waals surface area contributed by atoms with E-state index >= 15 is 0 Å². The Labute approximate surface area is 104 Å². The summed E-state index contributed by atoms with van der Waals surface area (Å²) in [5, 5.41) is 9.52. The number of rotatable bonds is 2. The van der Waals surface area contributed by atoms with E-state index in [9.17, 15) is 9.90 Å². The van der Waals surface area contributed by atoms with Gasteiger partial charge >= 0.3 is 0 Å². The normalized spacial score (nSPS) is 9.25. The van der Waals surface area contributed by atoms with Gasteiger partial charge in [0.1, 0.15) is 5.75 Å². The van der Waals surface area contributed by atoms with Crippen LogP contribution in [0.1, 0.15) is 15.9 Å². The molecule has 0 aliphatic heterocycles. The second-order valence-corrected chi connectivity index (χ2v) is 3.21. The summed E-state index contributed by atoms with van der Waals surface area (Å²) in [6, 6.07) is 15.5. The third-order valence-corrected chi connectivity index (χ3v) is 2.18. The largest absolute Gasteiger partial charge is 0.507 e. The van der Waals surface area contributed by atoms with Gasteiger partial charge in [0.15, 0.2) is 5.78 Å². The molecule has 0 bridgehead atoms. The molecule has 2 rings (SSSR count). The Morgan fingerprint density at radius 2 is 1.44 bits per heavy atom. The first kappa shape index (κ1) is 12.5. The minimum absolute atomic E-state index is 0. The van der Waals surface area contributed by atoms with E-state index in [4.69, 9.17) is 0 Å². The van der Waals surface area contributed by atoms with Crippen LogP contribution < -0.4 is 0 Å². The molecule has 0 amide bonds. The SMILES string of the molecule is O=C(c1ccccc1)c1ccccc1O.[Cu]. The van der Waals surface area contributed by atoms with Crippen LogP contribution in [0.25, 0.3) is 0 Å². The van der Waals surface area contributed by atoms with Crippen molar-refractivity contribution in [3.63, 3.8) is 0 Å². The number of phenols is 1. The van der Waals surface area contributed by atoms with E-state index in [2.05, 4.69) is 0 Å². The molecule has 2 aromatic carbocycles. The molecule has 0 saturated heterocycles. The summed E-state index contributed by atoms with van der Waals surface area (Å²) in [5.41, 5.74) is 0.919. The molecule has 85 valence electrons. The Bertz CT molecular complexity index is 480. The van der Waals surface area contributed by atoms with E-state index in [1.54, 1.807) is 42.5 Å². The maximum atomic E-state index is 11.9. The molecular formula is C13H10CuO2.